The lowest BCUT2D eigenvalue weighted by molar-refractivity contribution is 0.283. The first-order chi connectivity index (χ1) is 10.2. The van der Waals surface area contributed by atoms with Gasteiger partial charge in [-0.1, -0.05) is 12.2 Å². The molecule has 5 heteroatoms. The predicted octanol–water partition coefficient (Wildman–Crippen LogP) is 1.95. The zero-order valence-corrected chi connectivity index (χ0v) is 13.2. The Labute approximate surface area is 131 Å². The van der Waals surface area contributed by atoms with Crippen LogP contribution in [0.25, 0.3) is 0 Å². The number of hydrogen-bond donors (Lipinski definition) is 2. The summed E-state index contributed by atoms with van der Waals surface area (Å²) in [5, 5.41) is 9.40. The highest BCUT2D eigenvalue weighted by Gasteiger charge is 2.29. The number of fused-ring (bicyclic) bond motifs is 1. The normalized spacial score (nSPS) is 18.0. The van der Waals surface area contributed by atoms with E-state index in [1.54, 1.807) is 0 Å². The third-order valence-electron chi connectivity index (χ3n) is 4.67. The van der Waals surface area contributed by atoms with Crippen LogP contribution in [0.4, 0.5) is 5.82 Å². The molecule has 0 amide bonds. The van der Waals surface area contributed by atoms with E-state index in [9.17, 15) is 5.11 Å². The van der Waals surface area contributed by atoms with Crippen LogP contribution in [0.1, 0.15) is 48.9 Å². The molecule has 2 aliphatic carbocycles. The maximum atomic E-state index is 9.40. The van der Waals surface area contributed by atoms with Crippen LogP contribution >= 0.6 is 12.2 Å². The Balaban J connectivity index is 2.03. The number of hydrogen-bond acceptors (Lipinski definition) is 4. The van der Waals surface area contributed by atoms with Gasteiger partial charge in [0.2, 0.25) is 0 Å². The minimum Gasteiger partial charge on any atom is -0.395 e. The van der Waals surface area contributed by atoms with Gasteiger partial charge in [-0.2, -0.15) is 0 Å². The van der Waals surface area contributed by atoms with Crippen LogP contribution in [0.15, 0.2) is 6.07 Å². The molecule has 0 aliphatic heterocycles. The van der Waals surface area contributed by atoms with Crippen molar-refractivity contribution < 1.29 is 5.11 Å². The average Bonchev–Trinajstić information content (AvgIpc) is 2.43. The molecular formula is C16H23N3OS. The molecule has 0 spiro atoms. The third-order valence-corrected chi connectivity index (χ3v) is 4.89. The topological polar surface area (TPSA) is 62.4 Å². The van der Waals surface area contributed by atoms with Crippen molar-refractivity contribution in [2.45, 2.75) is 51.0 Å². The molecule has 1 fully saturated rings. The first-order valence-corrected chi connectivity index (χ1v) is 8.31. The van der Waals surface area contributed by atoms with Gasteiger partial charge in [0, 0.05) is 18.3 Å². The van der Waals surface area contributed by atoms with E-state index < -0.39 is 0 Å². The number of aliphatic hydroxyl groups excluding tert-OH is 1. The highest BCUT2D eigenvalue weighted by Crippen LogP contribution is 2.32. The molecule has 114 valence electrons. The van der Waals surface area contributed by atoms with Gasteiger partial charge < -0.3 is 15.7 Å². The van der Waals surface area contributed by atoms with Gasteiger partial charge in [-0.05, 0) is 56.6 Å². The van der Waals surface area contributed by atoms with Gasteiger partial charge in [-0.15, -0.1) is 0 Å². The first kappa shape index (κ1) is 14.7. The van der Waals surface area contributed by atoms with Gasteiger partial charge in [-0.25, -0.2) is 4.98 Å². The number of rotatable bonds is 5. The van der Waals surface area contributed by atoms with E-state index in [4.69, 9.17) is 22.9 Å². The van der Waals surface area contributed by atoms with Crippen molar-refractivity contribution in [1.82, 2.24) is 4.98 Å². The largest absolute Gasteiger partial charge is 0.395 e. The molecule has 1 heterocycles. The Morgan fingerprint density at radius 3 is 2.71 bits per heavy atom. The maximum absolute atomic E-state index is 9.40. The number of thiocarbonyl (C=S) groups is 1. The van der Waals surface area contributed by atoms with Crippen LogP contribution in [0.3, 0.4) is 0 Å². The van der Waals surface area contributed by atoms with Crippen molar-refractivity contribution >= 4 is 23.0 Å². The van der Waals surface area contributed by atoms with E-state index in [0.717, 1.165) is 37.1 Å². The minimum atomic E-state index is 0.131. The van der Waals surface area contributed by atoms with Gasteiger partial charge >= 0.3 is 0 Å². The molecule has 0 atom stereocenters. The number of pyridine rings is 1. The molecule has 1 aromatic rings. The Hall–Kier alpha value is -1.20. The van der Waals surface area contributed by atoms with Gasteiger partial charge in [0.15, 0.2) is 0 Å². The quantitative estimate of drug-likeness (QED) is 0.814. The van der Waals surface area contributed by atoms with Crippen LogP contribution in [0.5, 0.6) is 0 Å². The number of anilines is 1. The summed E-state index contributed by atoms with van der Waals surface area (Å²) >= 11 is 5.25. The number of aromatic nitrogens is 1. The van der Waals surface area contributed by atoms with Crippen LogP contribution in [-0.2, 0) is 12.8 Å². The summed E-state index contributed by atoms with van der Waals surface area (Å²) in [7, 11) is 0. The number of aryl methyl sites for hydroxylation is 2. The lowest BCUT2D eigenvalue weighted by atomic mass is 9.90. The SMILES string of the molecule is NC(=S)c1cc2c(nc1N(CCO)C1CCC1)CCCC2. The van der Waals surface area contributed by atoms with Crippen molar-refractivity contribution in [3.05, 3.63) is 22.9 Å². The summed E-state index contributed by atoms with van der Waals surface area (Å²) in [6, 6.07) is 2.61. The van der Waals surface area contributed by atoms with E-state index >= 15 is 0 Å². The molecule has 3 rings (SSSR count). The highest BCUT2D eigenvalue weighted by atomic mass is 32.1. The monoisotopic (exact) mass is 305 g/mol. The first-order valence-electron chi connectivity index (χ1n) is 7.91. The predicted molar refractivity (Wildman–Crippen MR) is 88.8 cm³/mol. The number of nitrogens with two attached hydrogens (primary N) is 1. The smallest absolute Gasteiger partial charge is 0.139 e. The number of nitrogens with zero attached hydrogens (tertiary/aromatic N) is 2. The van der Waals surface area contributed by atoms with Crippen molar-refractivity contribution in [1.29, 1.82) is 0 Å². The Bertz CT molecular complexity index is 543. The molecule has 1 aromatic heterocycles. The fourth-order valence-electron chi connectivity index (χ4n) is 3.29. The fourth-order valence-corrected chi connectivity index (χ4v) is 3.44. The number of aliphatic hydroxyl groups is 1. The Kier molecular flexibility index (Phi) is 4.40. The summed E-state index contributed by atoms with van der Waals surface area (Å²) in [6.45, 7) is 0.734. The second-order valence-electron chi connectivity index (χ2n) is 6.04. The van der Waals surface area contributed by atoms with Crippen LogP contribution in [0, 0.1) is 0 Å². The van der Waals surface area contributed by atoms with Gasteiger partial charge in [-0.3, -0.25) is 0 Å². The molecule has 21 heavy (non-hydrogen) atoms. The molecule has 0 bridgehead atoms. The summed E-state index contributed by atoms with van der Waals surface area (Å²) in [6.07, 6.45) is 8.10. The van der Waals surface area contributed by atoms with E-state index in [1.807, 2.05) is 0 Å². The highest BCUT2D eigenvalue weighted by molar-refractivity contribution is 7.80. The van der Waals surface area contributed by atoms with Crippen molar-refractivity contribution in [2.75, 3.05) is 18.1 Å². The second-order valence-corrected chi connectivity index (χ2v) is 6.48. The zero-order chi connectivity index (χ0) is 14.8. The summed E-state index contributed by atoms with van der Waals surface area (Å²) < 4.78 is 0. The molecule has 3 N–H and O–H groups in total. The van der Waals surface area contributed by atoms with Crippen LogP contribution < -0.4 is 10.6 Å². The van der Waals surface area contributed by atoms with Crippen LogP contribution in [-0.4, -0.2) is 34.3 Å². The molecule has 0 radical (unpaired) electrons. The Morgan fingerprint density at radius 1 is 1.33 bits per heavy atom. The van der Waals surface area contributed by atoms with Crippen LogP contribution in [0.2, 0.25) is 0 Å². The fraction of sp³-hybridized carbons (Fsp3) is 0.625. The molecule has 0 saturated heterocycles. The van der Waals surface area contributed by atoms with E-state index in [0.29, 0.717) is 17.6 Å². The van der Waals surface area contributed by atoms with Crippen molar-refractivity contribution in [2.24, 2.45) is 5.73 Å². The summed E-state index contributed by atoms with van der Waals surface area (Å²) in [5.74, 6) is 0.891. The molecule has 0 unspecified atom stereocenters. The average molecular weight is 305 g/mol. The lowest BCUT2D eigenvalue weighted by Gasteiger charge is -2.39. The Morgan fingerprint density at radius 2 is 2.10 bits per heavy atom. The maximum Gasteiger partial charge on any atom is 0.139 e. The molecule has 2 aliphatic rings. The van der Waals surface area contributed by atoms with Gasteiger partial charge in [0.05, 0.1) is 12.2 Å². The zero-order valence-electron chi connectivity index (χ0n) is 12.3. The molecule has 4 nitrogen and oxygen atoms in total. The summed E-state index contributed by atoms with van der Waals surface area (Å²) in [5.41, 5.74) is 9.31. The van der Waals surface area contributed by atoms with Crippen molar-refractivity contribution in [3.63, 3.8) is 0 Å². The standard InChI is InChI=1S/C16H23N3OS/c17-15(21)13-10-11-4-1-2-7-14(11)18-16(13)19(8-9-20)12-5-3-6-12/h10,12,20H,1-9H2,(H2,17,21). The van der Waals surface area contributed by atoms with E-state index in [1.165, 1.54) is 30.5 Å². The molecule has 1 saturated carbocycles. The van der Waals surface area contributed by atoms with Gasteiger partial charge in [0.25, 0.3) is 0 Å². The van der Waals surface area contributed by atoms with Gasteiger partial charge in [0.1, 0.15) is 10.8 Å². The lowest BCUT2D eigenvalue weighted by Crippen LogP contribution is -2.43. The minimum absolute atomic E-state index is 0.131. The summed E-state index contributed by atoms with van der Waals surface area (Å²) in [4.78, 5) is 7.53. The van der Waals surface area contributed by atoms with E-state index in [2.05, 4.69) is 11.0 Å². The third kappa shape index (κ3) is 2.90. The second kappa shape index (κ2) is 6.28. The van der Waals surface area contributed by atoms with E-state index in [-0.39, 0.29) is 6.61 Å². The molecular weight excluding hydrogens is 282 g/mol. The molecule has 0 aromatic carbocycles. The van der Waals surface area contributed by atoms with Crippen molar-refractivity contribution in [3.8, 4) is 0 Å².